The fourth-order valence-electron chi connectivity index (χ4n) is 3.26. The van der Waals surface area contributed by atoms with Crippen molar-refractivity contribution >= 4 is 0 Å². The first kappa shape index (κ1) is 12.6. The minimum absolute atomic E-state index is 0.631. The number of hydrogen-bond acceptors (Lipinski definition) is 1. The molecule has 0 heterocycles. The fraction of sp³-hybridized carbons (Fsp3) is 0.625. The quantitative estimate of drug-likeness (QED) is 0.759. The number of rotatable bonds is 4. The third kappa shape index (κ3) is 2.40. The Bertz CT molecular complexity index is 370. The number of fused-ring (bicyclic) bond motifs is 1. The van der Waals surface area contributed by atoms with E-state index in [0.29, 0.717) is 6.04 Å². The normalized spacial score (nSPS) is 23.4. The molecule has 0 aromatic heterocycles. The molecule has 17 heavy (non-hydrogen) atoms. The summed E-state index contributed by atoms with van der Waals surface area (Å²) < 4.78 is 0. The molecule has 94 valence electrons. The highest BCUT2D eigenvalue weighted by Crippen LogP contribution is 2.43. The smallest absolute Gasteiger partial charge is 0.0381 e. The molecule has 1 aliphatic carbocycles. The summed E-state index contributed by atoms with van der Waals surface area (Å²) in [5.41, 5.74) is 3.14. The second-order valence-corrected chi connectivity index (χ2v) is 5.74. The lowest BCUT2D eigenvalue weighted by Gasteiger charge is -2.32. The van der Waals surface area contributed by atoms with Crippen LogP contribution in [0.2, 0.25) is 0 Å². The molecule has 0 radical (unpaired) electrons. The van der Waals surface area contributed by atoms with Gasteiger partial charge in [0.15, 0.2) is 0 Å². The van der Waals surface area contributed by atoms with Crippen LogP contribution in [0.4, 0.5) is 0 Å². The van der Waals surface area contributed by atoms with E-state index in [-0.39, 0.29) is 0 Å². The Labute approximate surface area is 106 Å². The molecule has 1 aromatic carbocycles. The van der Waals surface area contributed by atoms with Crippen LogP contribution in [-0.2, 0) is 6.42 Å². The summed E-state index contributed by atoms with van der Waals surface area (Å²) in [6, 6.07) is 9.64. The predicted molar refractivity (Wildman–Crippen MR) is 74.1 cm³/mol. The zero-order valence-electron chi connectivity index (χ0n) is 11.6. The van der Waals surface area contributed by atoms with E-state index in [2.05, 4.69) is 57.0 Å². The summed E-state index contributed by atoms with van der Waals surface area (Å²) >= 11 is 0. The van der Waals surface area contributed by atoms with Crippen LogP contribution in [0.5, 0.6) is 0 Å². The lowest BCUT2D eigenvalue weighted by atomic mass is 9.88. The second-order valence-electron chi connectivity index (χ2n) is 5.74. The van der Waals surface area contributed by atoms with E-state index < -0.39 is 0 Å². The molecule has 2 atom stereocenters. The first-order chi connectivity index (χ1) is 8.15. The molecule has 0 aliphatic heterocycles. The van der Waals surface area contributed by atoms with Crippen molar-refractivity contribution < 1.29 is 0 Å². The predicted octanol–water partition coefficient (Wildman–Crippen LogP) is 3.90. The lowest BCUT2D eigenvalue weighted by Crippen LogP contribution is -2.31. The number of nitrogens with zero attached hydrogens (tertiary/aromatic N) is 1. The van der Waals surface area contributed by atoms with Gasteiger partial charge in [-0.05, 0) is 49.4 Å². The SMILES string of the molecule is CCCN(C)C1c2ccccc2CC1C(C)C. The van der Waals surface area contributed by atoms with Gasteiger partial charge in [-0.2, -0.15) is 0 Å². The van der Waals surface area contributed by atoms with Crippen molar-refractivity contribution in [1.82, 2.24) is 4.90 Å². The van der Waals surface area contributed by atoms with Crippen LogP contribution in [0.1, 0.15) is 44.4 Å². The zero-order valence-corrected chi connectivity index (χ0v) is 11.6. The summed E-state index contributed by atoms with van der Waals surface area (Å²) in [6.45, 7) is 8.19. The second kappa shape index (κ2) is 5.22. The van der Waals surface area contributed by atoms with Crippen molar-refractivity contribution in [2.75, 3.05) is 13.6 Å². The monoisotopic (exact) mass is 231 g/mol. The van der Waals surface area contributed by atoms with E-state index in [1.165, 1.54) is 19.4 Å². The maximum atomic E-state index is 2.55. The molecule has 1 aromatic rings. The minimum Gasteiger partial charge on any atom is -0.299 e. The van der Waals surface area contributed by atoms with Gasteiger partial charge >= 0.3 is 0 Å². The van der Waals surface area contributed by atoms with Crippen LogP contribution in [0, 0.1) is 11.8 Å². The van der Waals surface area contributed by atoms with Gasteiger partial charge in [0.2, 0.25) is 0 Å². The molecule has 1 heteroatoms. The van der Waals surface area contributed by atoms with Crippen LogP contribution >= 0.6 is 0 Å². The molecule has 0 spiro atoms. The van der Waals surface area contributed by atoms with E-state index in [4.69, 9.17) is 0 Å². The maximum absolute atomic E-state index is 2.55. The summed E-state index contributed by atoms with van der Waals surface area (Å²) in [6.07, 6.45) is 2.49. The van der Waals surface area contributed by atoms with Gasteiger partial charge in [0.25, 0.3) is 0 Å². The van der Waals surface area contributed by atoms with Gasteiger partial charge in [0.1, 0.15) is 0 Å². The Morgan fingerprint density at radius 2 is 2.00 bits per heavy atom. The van der Waals surface area contributed by atoms with Gasteiger partial charge < -0.3 is 0 Å². The van der Waals surface area contributed by atoms with Gasteiger partial charge in [-0.25, -0.2) is 0 Å². The molecule has 0 fully saturated rings. The highest BCUT2D eigenvalue weighted by Gasteiger charge is 2.35. The van der Waals surface area contributed by atoms with Crippen molar-refractivity contribution in [2.24, 2.45) is 11.8 Å². The fourth-order valence-corrected chi connectivity index (χ4v) is 3.26. The molecule has 1 aliphatic rings. The third-order valence-electron chi connectivity index (χ3n) is 4.14. The number of benzene rings is 1. The molecule has 0 bridgehead atoms. The summed E-state index contributed by atoms with van der Waals surface area (Å²) in [5.74, 6) is 1.54. The van der Waals surface area contributed by atoms with E-state index in [0.717, 1.165) is 11.8 Å². The van der Waals surface area contributed by atoms with E-state index in [9.17, 15) is 0 Å². The molecule has 1 nitrogen and oxygen atoms in total. The van der Waals surface area contributed by atoms with E-state index in [1.807, 2.05) is 0 Å². The first-order valence-corrected chi connectivity index (χ1v) is 6.93. The van der Waals surface area contributed by atoms with Gasteiger partial charge in [-0.3, -0.25) is 4.90 Å². The average molecular weight is 231 g/mol. The van der Waals surface area contributed by atoms with Crippen molar-refractivity contribution in [1.29, 1.82) is 0 Å². The molecule has 0 saturated heterocycles. The zero-order chi connectivity index (χ0) is 12.4. The van der Waals surface area contributed by atoms with Crippen LogP contribution in [0.25, 0.3) is 0 Å². The average Bonchev–Trinajstić information content (AvgIpc) is 2.68. The van der Waals surface area contributed by atoms with Crippen molar-refractivity contribution in [3.05, 3.63) is 35.4 Å². The van der Waals surface area contributed by atoms with Crippen molar-refractivity contribution in [3.63, 3.8) is 0 Å². The molecule has 0 amide bonds. The lowest BCUT2D eigenvalue weighted by molar-refractivity contribution is 0.158. The Balaban J connectivity index is 2.30. The minimum atomic E-state index is 0.631. The highest BCUT2D eigenvalue weighted by atomic mass is 15.1. The Morgan fingerprint density at radius 1 is 1.29 bits per heavy atom. The standard InChI is InChI=1S/C16H25N/c1-5-10-17(4)16-14-9-7-6-8-13(14)11-15(16)12(2)3/h6-9,12,15-16H,5,10-11H2,1-4H3. The van der Waals surface area contributed by atoms with E-state index >= 15 is 0 Å². The van der Waals surface area contributed by atoms with Crippen LogP contribution in [0.15, 0.2) is 24.3 Å². The highest BCUT2D eigenvalue weighted by molar-refractivity contribution is 5.36. The van der Waals surface area contributed by atoms with Crippen molar-refractivity contribution in [2.45, 2.75) is 39.7 Å². The van der Waals surface area contributed by atoms with Gasteiger partial charge in [0.05, 0.1) is 0 Å². The molecular weight excluding hydrogens is 206 g/mol. The van der Waals surface area contributed by atoms with E-state index in [1.54, 1.807) is 11.1 Å². The molecule has 2 unspecified atom stereocenters. The largest absolute Gasteiger partial charge is 0.299 e. The van der Waals surface area contributed by atoms with Crippen LogP contribution in [0.3, 0.4) is 0 Å². The van der Waals surface area contributed by atoms with Crippen LogP contribution < -0.4 is 0 Å². The summed E-state index contributed by atoms with van der Waals surface area (Å²) in [5, 5.41) is 0. The van der Waals surface area contributed by atoms with Gasteiger partial charge in [0, 0.05) is 6.04 Å². The Hall–Kier alpha value is -0.820. The first-order valence-electron chi connectivity index (χ1n) is 6.93. The molecular formula is C16H25N. The van der Waals surface area contributed by atoms with Crippen LogP contribution in [-0.4, -0.2) is 18.5 Å². The van der Waals surface area contributed by atoms with Gasteiger partial charge in [-0.1, -0.05) is 45.0 Å². The molecule has 2 rings (SSSR count). The number of hydrogen-bond donors (Lipinski definition) is 0. The summed E-state index contributed by atoms with van der Waals surface area (Å²) in [7, 11) is 2.28. The maximum Gasteiger partial charge on any atom is 0.0381 e. The summed E-state index contributed by atoms with van der Waals surface area (Å²) in [4.78, 5) is 2.55. The van der Waals surface area contributed by atoms with Crippen molar-refractivity contribution in [3.8, 4) is 0 Å². The topological polar surface area (TPSA) is 3.24 Å². The Kier molecular flexibility index (Phi) is 3.88. The third-order valence-corrected chi connectivity index (χ3v) is 4.14. The molecule has 0 saturated carbocycles. The molecule has 0 N–H and O–H groups in total. The van der Waals surface area contributed by atoms with Gasteiger partial charge in [-0.15, -0.1) is 0 Å². The Morgan fingerprint density at radius 3 is 2.65 bits per heavy atom.